The highest BCUT2D eigenvalue weighted by Gasteiger charge is 2.57. The van der Waals surface area contributed by atoms with Crippen molar-refractivity contribution >= 4 is 51.5 Å². The topological polar surface area (TPSA) is 163 Å². The van der Waals surface area contributed by atoms with Gasteiger partial charge in [0.25, 0.3) is 5.91 Å². The fourth-order valence-electron chi connectivity index (χ4n) is 3.36. The molecule has 0 radical (unpaired) electrons. The third-order valence-electron chi connectivity index (χ3n) is 4.48. The summed E-state index contributed by atoms with van der Waals surface area (Å²) in [4.78, 5) is 37.9. The molecule has 1 aromatic heterocycles. The molecule has 3 N–H and O–H groups in total. The molecule has 3 rings (SSSR count). The lowest BCUT2D eigenvalue weighted by Crippen LogP contribution is -2.62. The zero-order valence-corrected chi connectivity index (χ0v) is 17.4. The third-order valence-corrected chi connectivity index (χ3v) is 6.88. The van der Waals surface area contributed by atoms with Crippen molar-refractivity contribution in [1.82, 2.24) is 14.6 Å². The molecule has 2 aliphatic rings. The van der Waals surface area contributed by atoms with Crippen LogP contribution in [0.25, 0.3) is 0 Å². The number of carbonyl (C=O) groups excluding carboxylic acids is 2. The van der Waals surface area contributed by atoms with Crippen molar-refractivity contribution in [3.63, 3.8) is 0 Å². The fourth-order valence-corrected chi connectivity index (χ4v) is 5.43. The minimum absolute atomic E-state index is 0.144. The van der Waals surface area contributed by atoms with Crippen LogP contribution in [-0.2, 0) is 24.2 Å². The Bertz CT molecular complexity index is 959. The van der Waals surface area contributed by atoms with E-state index >= 15 is 0 Å². The van der Waals surface area contributed by atoms with Gasteiger partial charge in [-0.2, -0.15) is 8.42 Å². The smallest absolute Gasteiger partial charge is 0.397 e. The van der Waals surface area contributed by atoms with Crippen LogP contribution in [0.15, 0.2) is 22.9 Å². The van der Waals surface area contributed by atoms with Gasteiger partial charge >= 0.3 is 16.4 Å². The number of rotatable bonds is 9. The molecule has 0 bridgehead atoms. The Balaban J connectivity index is 1.60. The van der Waals surface area contributed by atoms with Crippen LogP contribution in [0, 0.1) is 5.92 Å². The van der Waals surface area contributed by atoms with Gasteiger partial charge in [-0.05, 0) is 24.5 Å². The predicted octanol–water partition coefficient (Wildman–Crippen LogP) is 0.341. The Morgan fingerprint density at radius 3 is 2.83 bits per heavy atom. The van der Waals surface area contributed by atoms with Crippen molar-refractivity contribution in [2.75, 3.05) is 12.3 Å². The Kier molecular flexibility index (Phi) is 6.28. The van der Waals surface area contributed by atoms with Crippen LogP contribution in [0.4, 0.5) is 0 Å². The number of amides is 2. The summed E-state index contributed by atoms with van der Waals surface area (Å²) in [6.45, 7) is 1.61. The second-order valence-corrected chi connectivity index (χ2v) is 9.36. The second-order valence-electron chi connectivity index (χ2n) is 6.29. The number of carboxylic acid groups (broad SMARTS) is 1. The standard InChI is InChI=1S/C15H17N3O8S3/c1-7(26-29(23,24)25)11-8-6-10(12(15(21)22)18(8)14(11)20)27-5-4-16-13(19)9-2-3-17-28-9/h2-3,7-8,11H,4-6H2,1H3,(H,16,19)(H,21,22)(H,23,24,25)/t7-,8?,11-/m0/s1. The van der Waals surface area contributed by atoms with Gasteiger partial charge in [-0.25, -0.2) is 13.4 Å². The molecule has 2 amide bonds. The maximum Gasteiger partial charge on any atom is 0.397 e. The van der Waals surface area contributed by atoms with Gasteiger partial charge in [0, 0.05) is 29.8 Å². The van der Waals surface area contributed by atoms with E-state index in [9.17, 15) is 27.9 Å². The molecule has 0 saturated carbocycles. The number of hydrogen-bond acceptors (Lipinski definition) is 9. The van der Waals surface area contributed by atoms with Crippen molar-refractivity contribution in [2.24, 2.45) is 5.92 Å². The van der Waals surface area contributed by atoms with Gasteiger partial charge in [-0.15, -0.1) is 11.8 Å². The van der Waals surface area contributed by atoms with Crippen LogP contribution in [-0.4, -0.2) is 69.6 Å². The van der Waals surface area contributed by atoms with E-state index in [0.29, 0.717) is 15.5 Å². The first-order chi connectivity index (χ1) is 13.6. The van der Waals surface area contributed by atoms with Crippen molar-refractivity contribution in [3.05, 3.63) is 27.7 Å². The van der Waals surface area contributed by atoms with E-state index in [2.05, 4.69) is 13.9 Å². The lowest BCUT2D eigenvalue weighted by Gasteiger charge is -2.45. The third kappa shape index (κ3) is 4.61. The molecule has 1 fully saturated rings. The number of fused-ring (bicyclic) bond motifs is 1. The number of β-lactam (4-membered cyclic amide) rings is 1. The summed E-state index contributed by atoms with van der Waals surface area (Å²) in [6.07, 6.45) is 0.614. The van der Waals surface area contributed by atoms with Crippen LogP contribution >= 0.6 is 23.3 Å². The number of aliphatic carboxylic acids is 1. The van der Waals surface area contributed by atoms with Gasteiger partial charge in [-0.1, -0.05) is 0 Å². The molecule has 2 aliphatic heterocycles. The molecule has 0 aromatic carbocycles. The lowest BCUT2D eigenvalue weighted by atomic mass is 9.83. The summed E-state index contributed by atoms with van der Waals surface area (Å²) in [5.41, 5.74) is -0.144. The zero-order chi connectivity index (χ0) is 21.3. The molecule has 0 spiro atoms. The van der Waals surface area contributed by atoms with E-state index < -0.39 is 40.3 Å². The van der Waals surface area contributed by atoms with Gasteiger partial charge in [-0.3, -0.25) is 14.1 Å². The number of carboxylic acids is 1. The molecule has 14 heteroatoms. The van der Waals surface area contributed by atoms with Crippen LogP contribution < -0.4 is 5.32 Å². The van der Waals surface area contributed by atoms with Gasteiger partial charge in [0.1, 0.15) is 10.6 Å². The van der Waals surface area contributed by atoms with Gasteiger partial charge in [0.05, 0.1) is 18.1 Å². The molecule has 158 valence electrons. The minimum Gasteiger partial charge on any atom is -0.477 e. The van der Waals surface area contributed by atoms with Gasteiger partial charge in [0.15, 0.2) is 0 Å². The summed E-state index contributed by atoms with van der Waals surface area (Å²) in [7, 11) is -4.73. The number of thioether (sulfide) groups is 1. The quantitative estimate of drug-likeness (QED) is 0.264. The van der Waals surface area contributed by atoms with Crippen LogP contribution in [0.5, 0.6) is 0 Å². The Labute approximate surface area is 174 Å². The van der Waals surface area contributed by atoms with Crippen LogP contribution in [0.2, 0.25) is 0 Å². The highest BCUT2D eigenvalue weighted by molar-refractivity contribution is 8.03. The normalized spacial score (nSPS) is 22.3. The maximum atomic E-state index is 12.4. The molecular weight excluding hydrogens is 446 g/mol. The Morgan fingerprint density at radius 1 is 1.52 bits per heavy atom. The molecule has 1 saturated heterocycles. The maximum absolute atomic E-state index is 12.4. The molecule has 3 heterocycles. The molecule has 1 unspecified atom stereocenters. The Morgan fingerprint density at radius 2 is 2.24 bits per heavy atom. The summed E-state index contributed by atoms with van der Waals surface area (Å²) < 4.78 is 38.9. The van der Waals surface area contributed by atoms with Crippen LogP contribution in [0.3, 0.4) is 0 Å². The molecule has 29 heavy (non-hydrogen) atoms. The van der Waals surface area contributed by atoms with E-state index in [0.717, 1.165) is 16.4 Å². The summed E-state index contributed by atoms with van der Waals surface area (Å²) in [5, 5.41) is 12.2. The molecule has 3 atom stereocenters. The van der Waals surface area contributed by atoms with E-state index in [-0.39, 0.29) is 24.6 Å². The largest absolute Gasteiger partial charge is 0.477 e. The van der Waals surface area contributed by atoms with Crippen LogP contribution in [0.1, 0.15) is 23.0 Å². The van der Waals surface area contributed by atoms with Gasteiger partial charge < -0.3 is 15.3 Å². The molecule has 1 aromatic rings. The van der Waals surface area contributed by atoms with E-state index in [4.69, 9.17) is 4.55 Å². The van der Waals surface area contributed by atoms with Crippen molar-refractivity contribution < 1.29 is 36.6 Å². The number of aromatic nitrogens is 1. The van der Waals surface area contributed by atoms with E-state index in [1.807, 2.05) is 0 Å². The number of carbonyl (C=O) groups is 3. The summed E-state index contributed by atoms with van der Waals surface area (Å²) >= 11 is 2.27. The molecule has 0 aliphatic carbocycles. The SMILES string of the molecule is C[C@H](OS(=O)(=O)O)[C@@H]1C(=O)N2C(C(=O)O)=C(SCCNC(=O)c3ccns3)CC12. The molecular formula is C15H17N3O8S3. The van der Waals surface area contributed by atoms with E-state index in [1.165, 1.54) is 24.9 Å². The minimum atomic E-state index is -4.73. The fraction of sp³-hybridized carbons (Fsp3) is 0.467. The summed E-state index contributed by atoms with van der Waals surface area (Å²) in [5.74, 6) is -2.61. The van der Waals surface area contributed by atoms with Crippen molar-refractivity contribution in [1.29, 1.82) is 0 Å². The monoisotopic (exact) mass is 463 g/mol. The first kappa shape index (κ1) is 21.7. The average molecular weight is 464 g/mol. The first-order valence-corrected chi connectivity index (χ1v) is 11.5. The van der Waals surface area contributed by atoms with Crippen molar-refractivity contribution in [3.8, 4) is 0 Å². The Hall–Kier alpha value is -2.00. The number of hydrogen-bond donors (Lipinski definition) is 3. The lowest BCUT2D eigenvalue weighted by molar-refractivity contribution is -0.160. The van der Waals surface area contributed by atoms with Crippen molar-refractivity contribution in [2.45, 2.75) is 25.5 Å². The van der Waals surface area contributed by atoms with E-state index in [1.54, 1.807) is 6.07 Å². The number of nitrogens with zero attached hydrogens (tertiary/aromatic N) is 2. The first-order valence-electron chi connectivity index (χ1n) is 8.37. The highest BCUT2D eigenvalue weighted by atomic mass is 32.3. The number of nitrogens with one attached hydrogen (secondary N) is 1. The van der Waals surface area contributed by atoms with Gasteiger partial charge in [0.2, 0.25) is 5.91 Å². The highest BCUT2D eigenvalue weighted by Crippen LogP contribution is 2.47. The second kappa shape index (κ2) is 8.39. The zero-order valence-electron chi connectivity index (χ0n) is 15.0. The summed E-state index contributed by atoms with van der Waals surface area (Å²) in [6, 6.07) is 1.03. The molecule has 11 nitrogen and oxygen atoms in total. The predicted molar refractivity (Wildman–Crippen MR) is 102 cm³/mol. The average Bonchev–Trinajstić information content (AvgIpc) is 3.23.